The predicted octanol–water partition coefficient (Wildman–Crippen LogP) is 0.922. The van der Waals surface area contributed by atoms with Crippen LogP contribution in [0, 0.1) is 6.08 Å². The van der Waals surface area contributed by atoms with E-state index in [1.165, 1.54) is 0 Å². The van der Waals surface area contributed by atoms with Gasteiger partial charge in [-0.15, -0.1) is 0 Å². The Bertz CT molecular complexity index is 132. The fraction of sp³-hybridized carbons (Fsp3) is 0.750. The van der Waals surface area contributed by atoms with Gasteiger partial charge in [0.25, 0.3) is 0 Å². The summed E-state index contributed by atoms with van der Waals surface area (Å²) < 4.78 is 11.0. The SMILES string of the molecule is C=[C]C1CC2OCCC2O1. The summed E-state index contributed by atoms with van der Waals surface area (Å²) in [5.74, 6) is 0. The van der Waals surface area contributed by atoms with E-state index in [2.05, 4.69) is 12.7 Å². The summed E-state index contributed by atoms with van der Waals surface area (Å²) in [7, 11) is 0. The maximum Gasteiger partial charge on any atom is 0.0868 e. The second kappa shape index (κ2) is 2.36. The van der Waals surface area contributed by atoms with Crippen LogP contribution in [0.15, 0.2) is 6.58 Å². The molecule has 3 atom stereocenters. The molecule has 0 aliphatic carbocycles. The van der Waals surface area contributed by atoms with Crippen LogP contribution >= 0.6 is 0 Å². The van der Waals surface area contributed by atoms with Crippen LogP contribution in [0.25, 0.3) is 0 Å². The fourth-order valence-electron chi connectivity index (χ4n) is 1.61. The number of fused-ring (bicyclic) bond motifs is 1. The third-order valence-corrected chi connectivity index (χ3v) is 2.16. The smallest absolute Gasteiger partial charge is 0.0868 e. The van der Waals surface area contributed by atoms with Crippen LogP contribution < -0.4 is 0 Å². The van der Waals surface area contributed by atoms with Crippen molar-refractivity contribution in [3.05, 3.63) is 12.7 Å². The van der Waals surface area contributed by atoms with Gasteiger partial charge in [0.2, 0.25) is 0 Å². The first-order valence-electron chi connectivity index (χ1n) is 3.70. The quantitative estimate of drug-likeness (QED) is 0.538. The maximum atomic E-state index is 5.54. The normalized spacial score (nSPS) is 45.4. The molecule has 2 nitrogen and oxygen atoms in total. The Morgan fingerprint density at radius 2 is 2.30 bits per heavy atom. The van der Waals surface area contributed by atoms with Gasteiger partial charge in [-0.1, -0.05) is 6.58 Å². The van der Waals surface area contributed by atoms with E-state index in [1.807, 2.05) is 0 Å². The zero-order valence-corrected chi connectivity index (χ0v) is 5.88. The summed E-state index contributed by atoms with van der Waals surface area (Å²) in [6, 6.07) is 0. The Labute approximate surface area is 60.8 Å². The third-order valence-electron chi connectivity index (χ3n) is 2.16. The van der Waals surface area contributed by atoms with Crippen LogP contribution in [0.2, 0.25) is 0 Å². The van der Waals surface area contributed by atoms with Crippen LogP contribution in [-0.4, -0.2) is 24.9 Å². The fourth-order valence-corrected chi connectivity index (χ4v) is 1.61. The highest BCUT2D eigenvalue weighted by Gasteiger charge is 2.38. The maximum absolute atomic E-state index is 5.54. The standard InChI is InChI=1S/C8H11O2/c1-2-6-5-8-7(10-6)3-4-9-8/h6-8H,1,3-5H2. The molecule has 0 saturated carbocycles. The molecule has 2 fully saturated rings. The van der Waals surface area contributed by atoms with Crippen LogP contribution in [0.4, 0.5) is 0 Å². The Hall–Kier alpha value is -0.340. The van der Waals surface area contributed by atoms with Gasteiger partial charge in [0.15, 0.2) is 0 Å². The molecule has 1 radical (unpaired) electrons. The molecular weight excluding hydrogens is 128 g/mol. The first-order valence-corrected chi connectivity index (χ1v) is 3.70. The second-order valence-electron chi connectivity index (χ2n) is 2.80. The minimum absolute atomic E-state index is 0.121. The molecule has 2 aliphatic heterocycles. The zero-order valence-electron chi connectivity index (χ0n) is 5.88. The number of ether oxygens (including phenoxy) is 2. The summed E-state index contributed by atoms with van der Waals surface area (Å²) in [5.41, 5.74) is 0. The lowest BCUT2D eigenvalue weighted by molar-refractivity contribution is 0.0542. The molecule has 0 amide bonds. The van der Waals surface area contributed by atoms with Gasteiger partial charge < -0.3 is 9.47 Å². The molecule has 2 aliphatic rings. The molecule has 2 saturated heterocycles. The van der Waals surface area contributed by atoms with Gasteiger partial charge in [0.05, 0.1) is 18.3 Å². The summed E-state index contributed by atoms with van der Waals surface area (Å²) in [5, 5.41) is 0. The molecule has 0 N–H and O–H groups in total. The summed E-state index contributed by atoms with van der Waals surface area (Å²) in [6.45, 7) is 4.42. The Kier molecular flexibility index (Phi) is 1.51. The van der Waals surface area contributed by atoms with Gasteiger partial charge in [-0.05, 0) is 12.5 Å². The largest absolute Gasteiger partial charge is 0.375 e. The van der Waals surface area contributed by atoms with E-state index in [-0.39, 0.29) is 6.10 Å². The first kappa shape index (κ1) is 6.38. The van der Waals surface area contributed by atoms with E-state index in [9.17, 15) is 0 Å². The van der Waals surface area contributed by atoms with Gasteiger partial charge in [-0.2, -0.15) is 0 Å². The van der Waals surface area contributed by atoms with Crippen molar-refractivity contribution in [3.8, 4) is 0 Å². The molecule has 0 bridgehead atoms. The lowest BCUT2D eigenvalue weighted by Crippen LogP contribution is -2.13. The van der Waals surface area contributed by atoms with Crippen molar-refractivity contribution < 1.29 is 9.47 Å². The van der Waals surface area contributed by atoms with E-state index >= 15 is 0 Å². The number of hydrogen-bond acceptors (Lipinski definition) is 2. The Morgan fingerprint density at radius 3 is 3.00 bits per heavy atom. The zero-order chi connectivity index (χ0) is 6.97. The second-order valence-corrected chi connectivity index (χ2v) is 2.80. The minimum atomic E-state index is 0.121. The lowest BCUT2D eigenvalue weighted by atomic mass is 10.1. The Balaban J connectivity index is 1.99. The van der Waals surface area contributed by atoms with Gasteiger partial charge in [-0.25, -0.2) is 0 Å². The third kappa shape index (κ3) is 0.879. The highest BCUT2D eigenvalue weighted by atomic mass is 16.6. The summed E-state index contributed by atoms with van der Waals surface area (Å²) in [6.07, 6.45) is 5.62. The van der Waals surface area contributed by atoms with Gasteiger partial charge in [0, 0.05) is 13.0 Å². The minimum Gasteiger partial charge on any atom is -0.375 e. The monoisotopic (exact) mass is 139 g/mol. The van der Waals surface area contributed by atoms with Crippen LogP contribution in [0.5, 0.6) is 0 Å². The number of rotatable bonds is 1. The molecule has 0 aromatic carbocycles. The van der Waals surface area contributed by atoms with E-state index in [1.54, 1.807) is 0 Å². The van der Waals surface area contributed by atoms with Gasteiger partial charge in [-0.3, -0.25) is 0 Å². The molecule has 2 rings (SSSR count). The van der Waals surface area contributed by atoms with E-state index < -0.39 is 0 Å². The van der Waals surface area contributed by atoms with E-state index in [0.717, 1.165) is 19.4 Å². The molecule has 10 heavy (non-hydrogen) atoms. The molecule has 2 heterocycles. The van der Waals surface area contributed by atoms with Crippen molar-refractivity contribution in [1.29, 1.82) is 0 Å². The molecule has 0 spiro atoms. The Morgan fingerprint density at radius 1 is 1.40 bits per heavy atom. The topological polar surface area (TPSA) is 18.5 Å². The van der Waals surface area contributed by atoms with Crippen LogP contribution in [0.1, 0.15) is 12.8 Å². The van der Waals surface area contributed by atoms with E-state index in [4.69, 9.17) is 9.47 Å². The molecule has 0 aromatic rings. The predicted molar refractivity (Wildman–Crippen MR) is 36.5 cm³/mol. The van der Waals surface area contributed by atoms with Gasteiger partial charge in [0.1, 0.15) is 0 Å². The van der Waals surface area contributed by atoms with Crippen LogP contribution in [-0.2, 0) is 9.47 Å². The molecule has 2 heteroatoms. The van der Waals surface area contributed by atoms with Crippen molar-refractivity contribution in [1.82, 2.24) is 0 Å². The van der Waals surface area contributed by atoms with Crippen molar-refractivity contribution in [2.75, 3.05) is 6.61 Å². The van der Waals surface area contributed by atoms with E-state index in [0.29, 0.717) is 12.2 Å². The number of hydrogen-bond donors (Lipinski definition) is 0. The average molecular weight is 139 g/mol. The molecule has 3 unspecified atom stereocenters. The average Bonchev–Trinajstić information content (AvgIpc) is 2.42. The first-order chi connectivity index (χ1) is 4.90. The van der Waals surface area contributed by atoms with Crippen molar-refractivity contribution in [2.24, 2.45) is 0 Å². The van der Waals surface area contributed by atoms with Crippen molar-refractivity contribution >= 4 is 0 Å². The molecular formula is C8H11O2. The molecule has 0 aromatic heterocycles. The summed E-state index contributed by atoms with van der Waals surface area (Å²) >= 11 is 0. The highest BCUT2D eigenvalue weighted by molar-refractivity contribution is 4.90. The van der Waals surface area contributed by atoms with Gasteiger partial charge >= 0.3 is 0 Å². The lowest BCUT2D eigenvalue weighted by Gasteiger charge is -2.04. The van der Waals surface area contributed by atoms with Crippen molar-refractivity contribution in [2.45, 2.75) is 31.2 Å². The molecule has 55 valence electrons. The van der Waals surface area contributed by atoms with Crippen LogP contribution in [0.3, 0.4) is 0 Å². The van der Waals surface area contributed by atoms with Crippen molar-refractivity contribution in [3.63, 3.8) is 0 Å². The summed E-state index contributed by atoms with van der Waals surface area (Å²) in [4.78, 5) is 0. The highest BCUT2D eigenvalue weighted by Crippen LogP contribution is 2.30.